The molecule has 53 heavy (non-hydrogen) atoms. The van der Waals surface area contributed by atoms with Gasteiger partial charge in [-0.1, -0.05) is 97.2 Å². The molecule has 1 aliphatic carbocycles. The first-order valence-corrected chi connectivity index (χ1v) is 20.4. The number of hydrogen-bond donors (Lipinski definition) is 4. The molecule has 0 radical (unpaired) electrons. The van der Waals surface area contributed by atoms with Crippen LogP contribution in [-0.2, 0) is 34.8 Å². The number of carbonyl (C=O) groups excluding carboxylic acids is 5. The summed E-state index contributed by atoms with van der Waals surface area (Å²) in [5.74, 6) is -1.07. The zero-order valence-corrected chi connectivity index (χ0v) is 33.1. The van der Waals surface area contributed by atoms with Crippen molar-refractivity contribution in [3.05, 3.63) is 48.6 Å². The number of nitrogens with one attached hydrogen (secondary N) is 4. The minimum Gasteiger partial charge on any atom is -0.346 e. The van der Waals surface area contributed by atoms with Crippen molar-refractivity contribution in [2.75, 3.05) is 18.8 Å². The highest BCUT2D eigenvalue weighted by Crippen LogP contribution is 2.40. The number of likely N-dealkylation sites (tertiary alicyclic amines) is 1. The number of nitrogens with zero attached hydrogens (tertiary/aromatic N) is 1. The molecule has 4 atom stereocenters. The molecule has 4 N–H and O–H groups in total. The van der Waals surface area contributed by atoms with E-state index in [1.54, 1.807) is 45.0 Å². The minimum absolute atomic E-state index is 0.0264. The molecule has 0 spiro atoms. The summed E-state index contributed by atoms with van der Waals surface area (Å²) in [6.07, 6.45) is 10.9. The molecule has 0 aromatic heterocycles. The van der Waals surface area contributed by atoms with Gasteiger partial charge >= 0.3 is 6.03 Å². The van der Waals surface area contributed by atoms with Crippen LogP contribution in [0.15, 0.2) is 43.0 Å². The SMILES string of the molecule is C#CCCC(NC(=O)C1C(C(C)(C)C)CCN1C(=O)[C@@H](NC(=O)NC1(CS(=O)(=O)Cc2ccccc2)CCCCC1)C(C)(C)C)C(=O)C(=O)NCC=C. The van der Waals surface area contributed by atoms with Crippen LogP contribution in [0, 0.1) is 29.1 Å². The van der Waals surface area contributed by atoms with Crippen molar-refractivity contribution in [3.63, 3.8) is 0 Å². The summed E-state index contributed by atoms with van der Waals surface area (Å²) in [4.78, 5) is 69.8. The van der Waals surface area contributed by atoms with E-state index in [4.69, 9.17) is 6.42 Å². The number of ketones is 1. The number of sulfone groups is 1. The van der Waals surface area contributed by atoms with E-state index < -0.39 is 73.9 Å². The third-order valence-corrected chi connectivity index (χ3v) is 12.0. The van der Waals surface area contributed by atoms with Gasteiger partial charge in [0.05, 0.1) is 23.1 Å². The number of urea groups is 1. The maximum Gasteiger partial charge on any atom is 0.315 e. The number of terminal acetylenes is 1. The van der Waals surface area contributed by atoms with Crippen LogP contribution in [0.2, 0.25) is 0 Å². The Labute approximate surface area is 316 Å². The third-order valence-electron chi connectivity index (χ3n) is 10.2. The minimum atomic E-state index is -3.62. The van der Waals surface area contributed by atoms with E-state index in [9.17, 15) is 32.4 Å². The number of amides is 5. The molecular weight excluding hydrogens is 695 g/mol. The van der Waals surface area contributed by atoms with Crippen LogP contribution in [0.3, 0.4) is 0 Å². The topological polar surface area (TPSA) is 171 Å². The highest BCUT2D eigenvalue weighted by Gasteiger charge is 2.50. The summed E-state index contributed by atoms with van der Waals surface area (Å²) >= 11 is 0. The van der Waals surface area contributed by atoms with E-state index in [1.165, 1.54) is 11.0 Å². The Morgan fingerprint density at radius 2 is 1.66 bits per heavy atom. The lowest BCUT2D eigenvalue weighted by molar-refractivity contribution is -0.145. The normalized spacial score (nSPS) is 19.9. The van der Waals surface area contributed by atoms with E-state index in [2.05, 4.69) is 33.8 Å². The number of carbonyl (C=O) groups is 5. The second-order valence-corrected chi connectivity index (χ2v) is 18.7. The monoisotopic (exact) mass is 753 g/mol. The number of benzene rings is 1. The molecule has 1 aromatic carbocycles. The highest BCUT2D eigenvalue weighted by atomic mass is 32.2. The van der Waals surface area contributed by atoms with Gasteiger partial charge in [-0.15, -0.1) is 18.9 Å². The lowest BCUT2D eigenvalue weighted by Crippen LogP contribution is -2.63. The van der Waals surface area contributed by atoms with Gasteiger partial charge < -0.3 is 26.2 Å². The van der Waals surface area contributed by atoms with Gasteiger partial charge in [0.1, 0.15) is 12.1 Å². The van der Waals surface area contributed by atoms with Gasteiger partial charge in [0.25, 0.3) is 5.91 Å². The first-order chi connectivity index (χ1) is 24.7. The van der Waals surface area contributed by atoms with Crippen molar-refractivity contribution < 1.29 is 32.4 Å². The Morgan fingerprint density at radius 1 is 1.02 bits per heavy atom. The van der Waals surface area contributed by atoms with Crippen LogP contribution in [0.5, 0.6) is 0 Å². The molecule has 13 heteroatoms. The molecule has 3 unspecified atom stereocenters. The van der Waals surface area contributed by atoms with Crippen molar-refractivity contribution in [3.8, 4) is 12.3 Å². The fourth-order valence-corrected chi connectivity index (χ4v) is 9.50. The second kappa shape index (κ2) is 18.2. The molecule has 2 fully saturated rings. The summed E-state index contributed by atoms with van der Waals surface area (Å²) in [7, 11) is -3.62. The largest absolute Gasteiger partial charge is 0.346 e. The van der Waals surface area contributed by atoms with Gasteiger partial charge in [0.15, 0.2) is 9.84 Å². The van der Waals surface area contributed by atoms with Crippen LogP contribution in [0.4, 0.5) is 4.79 Å². The van der Waals surface area contributed by atoms with E-state index in [0.717, 1.165) is 19.3 Å². The van der Waals surface area contributed by atoms with Crippen molar-refractivity contribution in [1.82, 2.24) is 26.2 Å². The molecular formula is C40H59N5O7S. The van der Waals surface area contributed by atoms with Gasteiger partial charge in [-0.05, 0) is 48.0 Å². The quantitative estimate of drug-likeness (QED) is 0.119. The predicted octanol–water partition coefficient (Wildman–Crippen LogP) is 4.05. The van der Waals surface area contributed by atoms with Crippen molar-refractivity contribution >= 4 is 39.4 Å². The molecule has 292 valence electrons. The standard InChI is InChI=1S/C40H59N5O7S/c1-9-11-20-30(32(46)35(48)41-24-10-2)42-34(47)31-29(38(3,4)5)21-25-45(31)36(49)33(39(6,7)8)43-37(50)44-40(22-16-13-17-23-40)27-53(51,52)26-28-18-14-12-15-19-28/h1,10,12,14-15,18-19,29-31,33H,2,11,13,16-17,20-27H2,3-8H3,(H,41,48)(H,42,47)(H2,43,44,50)/t29?,30?,31?,33-/m1/s1. The molecule has 1 saturated carbocycles. The molecule has 5 amide bonds. The predicted molar refractivity (Wildman–Crippen MR) is 206 cm³/mol. The van der Waals surface area contributed by atoms with E-state index in [0.29, 0.717) is 24.8 Å². The maximum atomic E-state index is 14.6. The summed E-state index contributed by atoms with van der Waals surface area (Å²) in [5, 5.41) is 11.0. The number of rotatable bonds is 15. The summed E-state index contributed by atoms with van der Waals surface area (Å²) in [6, 6.07) is 4.94. The molecule has 12 nitrogen and oxygen atoms in total. The maximum absolute atomic E-state index is 14.6. The third kappa shape index (κ3) is 12.2. The summed E-state index contributed by atoms with van der Waals surface area (Å²) in [5.41, 5.74) is -1.59. The zero-order valence-electron chi connectivity index (χ0n) is 32.3. The number of Topliss-reactive ketones (excluding diaryl/α,β-unsaturated/α-hetero) is 1. The fourth-order valence-electron chi connectivity index (χ4n) is 7.49. The van der Waals surface area contributed by atoms with Gasteiger partial charge in [0.2, 0.25) is 17.6 Å². The smallest absolute Gasteiger partial charge is 0.315 e. The molecule has 3 rings (SSSR count). The first-order valence-electron chi connectivity index (χ1n) is 18.5. The average Bonchev–Trinajstić information content (AvgIpc) is 3.54. The molecule has 1 aliphatic heterocycles. The van der Waals surface area contributed by atoms with E-state index in [-0.39, 0.29) is 43.4 Å². The zero-order chi connectivity index (χ0) is 39.6. The Bertz CT molecular complexity index is 1630. The van der Waals surface area contributed by atoms with E-state index in [1.807, 2.05) is 26.8 Å². The average molecular weight is 754 g/mol. The second-order valence-electron chi connectivity index (χ2n) is 16.7. The lowest BCUT2D eigenvalue weighted by Gasteiger charge is -2.41. The van der Waals surface area contributed by atoms with Gasteiger partial charge in [0, 0.05) is 19.5 Å². The summed E-state index contributed by atoms with van der Waals surface area (Å²) < 4.78 is 26.9. The summed E-state index contributed by atoms with van der Waals surface area (Å²) in [6.45, 7) is 15.2. The van der Waals surface area contributed by atoms with Crippen LogP contribution in [-0.4, -0.2) is 85.4 Å². The molecule has 0 bridgehead atoms. The Balaban J connectivity index is 1.88. The van der Waals surface area contributed by atoms with Gasteiger partial charge in [-0.3, -0.25) is 19.2 Å². The molecule has 1 aromatic rings. The van der Waals surface area contributed by atoms with Gasteiger partial charge in [-0.2, -0.15) is 0 Å². The van der Waals surface area contributed by atoms with Gasteiger partial charge in [-0.25, -0.2) is 13.2 Å². The Morgan fingerprint density at radius 3 is 2.23 bits per heavy atom. The molecule has 2 aliphatic rings. The van der Waals surface area contributed by atoms with Crippen LogP contribution in [0.25, 0.3) is 0 Å². The van der Waals surface area contributed by atoms with Crippen molar-refractivity contribution in [1.29, 1.82) is 0 Å². The van der Waals surface area contributed by atoms with E-state index >= 15 is 0 Å². The molecule has 1 heterocycles. The Kier molecular flexibility index (Phi) is 14.9. The van der Waals surface area contributed by atoms with Crippen LogP contribution in [0.1, 0.15) is 98.5 Å². The molecule has 1 saturated heterocycles. The fraction of sp³-hybridized carbons (Fsp3) is 0.625. The number of hydrogen-bond acceptors (Lipinski definition) is 7. The Hall–Kier alpha value is -4.18. The lowest BCUT2D eigenvalue weighted by atomic mass is 9.75. The first kappa shape index (κ1) is 43.2. The van der Waals surface area contributed by atoms with Crippen molar-refractivity contribution in [2.45, 2.75) is 122 Å². The van der Waals surface area contributed by atoms with Crippen LogP contribution >= 0.6 is 0 Å². The highest BCUT2D eigenvalue weighted by molar-refractivity contribution is 7.90. The van der Waals surface area contributed by atoms with Crippen LogP contribution < -0.4 is 21.3 Å². The van der Waals surface area contributed by atoms with Crippen molar-refractivity contribution in [2.24, 2.45) is 16.7 Å².